The molecule has 0 fully saturated rings. The van der Waals surface area contributed by atoms with Gasteiger partial charge in [0.2, 0.25) is 0 Å². The first-order valence-electron chi connectivity index (χ1n) is 9.31. The summed E-state index contributed by atoms with van der Waals surface area (Å²) < 4.78 is 30.0. The van der Waals surface area contributed by atoms with E-state index < -0.39 is 16.6 Å². The third-order valence-electron chi connectivity index (χ3n) is 4.51. The fourth-order valence-corrected chi connectivity index (χ4v) is 4.11. The zero-order chi connectivity index (χ0) is 25.2. The van der Waals surface area contributed by atoms with E-state index in [4.69, 9.17) is 23.2 Å². The van der Waals surface area contributed by atoms with Crippen LogP contribution in [0.25, 0.3) is 0 Å². The average molecular weight is 629 g/mol. The highest BCUT2D eigenvalue weighted by Gasteiger charge is 2.15. The lowest BCUT2D eigenvalue weighted by atomic mass is 10.1. The molecule has 0 amide bonds. The molecule has 0 atom stereocenters. The molecule has 10 heteroatoms. The van der Waals surface area contributed by atoms with Gasteiger partial charge in [0.05, 0.1) is 30.6 Å². The van der Waals surface area contributed by atoms with E-state index in [2.05, 4.69) is 55.5 Å². The maximum atomic E-state index is 15.0. The number of hydrogen-bond acceptors (Lipinski definition) is 3. The van der Waals surface area contributed by atoms with Crippen LogP contribution in [0.5, 0.6) is 0 Å². The molecule has 34 heavy (non-hydrogen) atoms. The second-order valence-corrected chi connectivity index (χ2v) is 9.47. The van der Waals surface area contributed by atoms with Gasteiger partial charge in [-0.05, 0) is 56.1 Å². The molecule has 0 bridgehead atoms. The molecule has 0 aromatic heterocycles. The molecule has 3 aromatic rings. The van der Waals surface area contributed by atoms with Gasteiger partial charge in [-0.15, -0.1) is 0 Å². The zero-order valence-electron chi connectivity index (χ0n) is 17.4. The van der Waals surface area contributed by atoms with Gasteiger partial charge in [0.1, 0.15) is 5.82 Å². The zero-order valence-corrected chi connectivity index (χ0v) is 22.1. The van der Waals surface area contributed by atoms with Gasteiger partial charge in [0, 0.05) is 47.5 Å². The Morgan fingerprint density at radius 3 is 2.15 bits per heavy atom. The van der Waals surface area contributed by atoms with Crippen LogP contribution in [0.15, 0.2) is 45.3 Å². The topological polar surface area (TPSA) is 46.4 Å². The molecule has 172 valence electrons. The van der Waals surface area contributed by atoms with Crippen molar-refractivity contribution in [2.24, 2.45) is 0 Å². The Bertz CT molecular complexity index is 1430. The molecule has 0 unspecified atom stereocenters. The van der Waals surface area contributed by atoms with Crippen LogP contribution in [-0.4, -0.2) is 19.0 Å². The van der Waals surface area contributed by atoms with E-state index in [-0.39, 0.29) is 36.9 Å². The van der Waals surface area contributed by atoms with E-state index in [1.165, 1.54) is 30.3 Å². The molecule has 3 aromatic carbocycles. The molecule has 0 saturated carbocycles. The van der Waals surface area contributed by atoms with Crippen molar-refractivity contribution >= 4 is 66.4 Å². The highest BCUT2D eigenvalue weighted by molar-refractivity contribution is 9.10. The summed E-state index contributed by atoms with van der Waals surface area (Å²) in [6.07, 6.45) is 0. The van der Waals surface area contributed by atoms with Crippen molar-refractivity contribution in [3.05, 3.63) is 99.4 Å². The van der Waals surface area contributed by atoms with Crippen molar-refractivity contribution < 1.29 is 13.7 Å². The molecule has 3 rings (SSSR count). The second-order valence-electron chi connectivity index (χ2n) is 7.01. The lowest BCUT2D eigenvalue weighted by Gasteiger charge is -2.13. The SMILES string of the molecule is CN(C)c1cc(F)c(C#Cc2c(Cl)cc(C#Cc3ccc([N+](=O)[O-])cc3Cl)c(Br)c2F)c(Br)c1. The van der Waals surface area contributed by atoms with Crippen LogP contribution in [0, 0.1) is 45.4 Å². The molecule has 0 N–H and O–H groups in total. The number of nitro benzene ring substituents is 1. The number of hydrogen-bond donors (Lipinski definition) is 0. The van der Waals surface area contributed by atoms with E-state index in [0.717, 1.165) is 0 Å². The summed E-state index contributed by atoms with van der Waals surface area (Å²) in [5.74, 6) is 9.37. The molecule has 0 aliphatic heterocycles. The van der Waals surface area contributed by atoms with Crippen LogP contribution in [-0.2, 0) is 0 Å². The number of nitrogens with zero attached hydrogens (tertiary/aromatic N) is 2. The van der Waals surface area contributed by atoms with Gasteiger partial charge in [-0.25, -0.2) is 8.78 Å². The predicted molar refractivity (Wildman–Crippen MR) is 138 cm³/mol. The molecule has 0 aliphatic carbocycles. The maximum Gasteiger partial charge on any atom is 0.271 e. The number of anilines is 1. The minimum atomic E-state index is -0.763. The van der Waals surface area contributed by atoms with Crippen LogP contribution >= 0.6 is 55.1 Å². The van der Waals surface area contributed by atoms with E-state index in [0.29, 0.717) is 15.7 Å². The summed E-state index contributed by atoms with van der Waals surface area (Å²) in [6.45, 7) is 0. The first-order chi connectivity index (χ1) is 16.0. The average Bonchev–Trinajstić information content (AvgIpc) is 2.76. The molecule has 0 saturated heterocycles. The minimum Gasteiger partial charge on any atom is -0.378 e. The van der Waals surface area contributed by atoms with Crippen molar-refractivity contribution in [3.63, 3.8) is 0 Å². The standard InChI is InChI=1S/C24H12Br2Cl2F2N2O2/c1-31(2)16-10-19(25)17(22(29)12-16)7-8-18-21(28)9-14(23(26)24(18)30)4-3-13-5-6-15(32(33)34)11-20(13)27/h5-6,9-12H,1-2H3. The molecule has 4 nitrogen and oxygen atoms in total. The van der Waals surface area contributed by atoms with Crippen LogP contribution in [0.3, 0.4) is 0 Å². The number of nitro groups is 1. The molecule has 0 aliphatic rings. The minimum absolute atomic E-state index is 0.00854. The van der Waals surface area contributed by atoms with Crippen molar-refractivity contribution in [3.8, 4) is 23.7 Å². The van der Waals surface area contributed by atoms with Crippen molar-refractivity contribution in [2.45, 2.75) is 0 Å². The summed E-state index contributed by atoms with van der Waals surface area (Å²) in [5, 5.41) is 10.9. The largest absolute Gasteiger partial charge is 0.378 e. The summed E-state index contributed by atoms with van der Waals surface area (Å²) >= 11 is 18.7. The van der Waals surface area contributed by atoms with Crippen molar-refractivity contribution in [1.29, 1.82) is 0 Å². The van der Waals surface area contributed by atoms with Gasteiger partial charge < -0.3 is 4.90 Å². The van der Waals surface area contributed by atoms with E-state index >= 15 is 4.39 Å². The Balaban J connectivity index is 1.99. The van der Waals surface area contributed by atoms with E-state index in [1.54, 1.807) is 25.1 Å². The highest BCUT2D eigenvalue weighted by atomic mass is 79.9. The first-order valence-corrected chi connectivity index (χ1v) is 11.7. The Kier molecular flexibility index (Phi) is 8.22. The third kappa shape index (κ3) is 5.71. The van der Waals surface area contributed by atoms with Gasteiger partial charge in [0.25, 0.3) is 5.69 Å². The molecule has 0 radical (unpaired) electrons. The summed E-state index contributed by atoms with van der Waals surface area (Å²) in [4.78, 5) is 12.0. The van der Waals surface area contributed by atoms with Crippen LogP contribution in [0.4, 0.5) is 20.2 Å². The number of halogens is 6. The number of rotatable bonds is 2. The number of non-ortho nitro benzene ring substituents is 1. The highest BCUT2D eigenvalue weighted by Crippen LogP contribution is 2.30. The van der Waals surface area contributed by atoms with Gasteiger partial charge in [-0.3, -0.25) is 10.1 Å². The fourth-order valence-electron chi connectivity index (χ4n) is 2.72. The Hall–Kier alpha value is -2.62. The molecule has 0 heterocycles. The summed E-state index contributed by atoms with van der Waals surface area (Å²) in [7, 11) is 3.55. The lowest BCUT2D eigenvalue weighted by Crippen LogP contribution is -2.09. The van der Waals surface area contributed by atoms with E-state index in [1.807, 2.05) is 0 Å². The van der Waals surface area contributed by atoms with Gasteiger partial charge in [-0.1, -0.05) is 46.9 Å². The van der Waals surface area contributed by atoms with Gasteiger partial charge >= 0.3 is 0 Å². The fraction of sp³-hybridized carbons (Fsp3) is 0.0833. The Morgan fingerprint density at radius 2 is 1.56 bits per heavy atom. The van der Waals surface area contributed by atoms with E-state index in [9.17, 15) is 14.5 Å². The van der Waals surface area contributed by atoms with Crippen LogP contribution < -0.4 is 4.90 Å². The van der Waals surface area contributed by atoms with Gasteiger partial charge in [0.15, 0.2) is 5.82 Å². The quantitative estimate of drug-likeness (QED) is 0.127. The van der Waals surface area contributed by atoms with Crippen LogP contribution in [0.2, 0.25) is 10.0 Å². The first kappa shape index (κ1) is 26.0. The Morgan fingerprint density at radius 1 is 0.912 bits per heavy atom. The molecule has 0 spiro atoms. The maximum absolute atomic E-state index is 15.0. The smallest absolute Gasteiger partial charge is 0.271 e. The molecular formula is C24H12Br2Cl2F2N2O2. The third-order valence-corrected chi connectivity index (χ3v) is 6.52. The van der Waals surface area contributed by atoms with Crippen molar-refractivity contribution in [2.75, 3.05) is 19.0 Å². The normalized spacial score (nSPS) is 10.1. The number of benzene rings is 3. The predicted octanol–water partition coefficient (Wildman–Crippen LogP) is 7.57. The molecular weight excluding hydrogens is 617 g/mol. The van der Waals surface area contributed by atoms with Crippen molar-refractivity contribution in [1.82, 2.24) is 0 Å². The monoisotopic (exact) mass is 626 g/mol. The Labute approximate surface area is 221 Å². The van der Waals surface area contributed by atoms with Gasteiger partial charge in [-0.2, -0.15) is 0 Å². The second kappa shape index (κ2) is 10.8. The summed E-state index contributed by atoms with van der Waals surface area (Å²) in [5.41, 5.74) is 0.932. The van der Waals surface area contributed by atoms with Crippen LogP contribution in [0.1, 0.15) is 22.3 Å². The lowest BCUT2D eigenvalue weighted by molar-refractivity contribution is -0.384. The summed E-state index contributed by atoms with van der Waals surface area (Å²) in [6, 6.07) is 8.26.